The number of carboxylic acids is 1. The van der Waals surface area contributed by atoms with Crippen LogP contribution in [0.25, 0.3) is 0 Å². The molecule has 1 aliphatic heterocycles. The minimum absolute atomic E-state index is 0.157. The number of carboxylic acid groups (broad SMARTS) is 1. The summed E-state index contributed by atoms with van der Waals surface area (Å²) < 4.78 is 2.11. The lowest BCUT2D eigenvalue weighted by atomic mass is 10.2. The Balaban J connectivity index is 2.35. The summed E-state index contributed by atoms with van der Waals surface area (Å²) in [5.74, 6) is -1.07. The van der Waals surface area contributed by atoms with Crippen molar-refractivity contribution in [2.24, 2.45) is 0 Å². The molecule has 0 aliphatic carbocycles. The SMILES string of the molecule is Cc1cc(C(=O)N2CCCC2C(=O)O)c(C)n1C(C)C. The van der Waals surface area contributed by atoms with E-state index in [1.807, 2.05) is 19.9 Å². The highest BCUT2D eigenvalue weighted by Crippen LogP contribution is 2.25. The summed E-state index contributed by atoms with van der Waals surface area (Å²) in [6.07, 6.45) is 1.30. The van der Waals surface area contributed by atoms with Crippen LogP contribution in [-0.2, 0) is 4.79 Å². The average molecular weight is 278 g/mol. The number of aromatic nitrogens is 1. The first-order valence-corrected chi connectivity index (χ1v) is 7.06. The molecule has 1 aromatic heterocycles. The Kier molecular flexibility index (Phi) is 3.88. The number of carbonyl (C=O) groups excluding carboxylic acids is 1. The van der Waals surface area contributed by atoms with E-state index in [1.165, 1.54) is 4.90 Å². The van der Waals surface area contributed by atoms with Crippen LogP contribution in [0.1, 0.15) is 54.5 Å². The predicted octanol–water partition coefficient (Wildman–Crippen LogP) is 2.38. The third-order valence-electron chi connectivity index (χ3n) is 4.03. The molecule has 0 bridgehead atoms. The number of amides is 1. The molecule has 1 unspecified atom stereocenters. The molecule has 0 spiro atoms. The zero-order valence-electron chi connectivity index (χ0n) is 12.5. The van der Waals surface area contributed by atoms with E-state index in [1.54, 1.807) is 0 Å². The van der Waals surface area contributed by atoms with Gasteiger partial charge in [0.15, 0.2) is 0 Å². The van der Waals surface area contributed by atoms with Crippen LogP contribution in [0, 0.1) is 13.8 Å². The Morgan fingerprint density at radius 3 is 2.50 bits per heavy atom. The topological polar surface area (TPSA) is 62.5 Å². The van der Waals surface area contributed by atoms with Crippen LogP contribution in [0.15, 0.2) is 6.07 Å². The van der Waals surface area contributed by atoms with Crippen molar-refractivity contribution in [2.45, 2.75) is 52.6 Å². The van der Waals surface area contributed by atoms with Crippen LogP contribution in [-0.4, -0.2) is 39.0 Å². The monoisotopic (exact) mass is 278 g/mol. The van der Waals surface area contributed by atoms with Crippen molar-refractivity contribution in [2.75, 3.05) is 6.54 Å². The summed E-state index contributed by atoms with van der Waals surface area (Å²) in [7, 11) is 0. The summed E-state index contributed by atoms with van der Waals surface area (Å²) >= 11 is 0. The Bertz CT molecular complexity index is 546. The van der Waals surface area contributed by atoms with Crippen molar-refractivity contribution in [3.8, 4) is 0 Å². The number of aliphatic carboxylic acids is 1. The van der Waals surface area contributed by atoms with E-state index >= 15 is 0 Å². The number of aryl methyl sites for hydroxylation is 1. The van der Waals surface area contributed by atoms with Crippen LogP contribution >= 0.6 is 0 Å². The molecule has 1 atom stereocenters. The molecule has 1 N–H and O–H groups in total. The molecule has 1 saturated heterocycles. The molecule has 0 radical (unpaired) electrons. The first-order chi connectivity index (χ1) is 9.34. The minimum Gasteiger partial charge on any atom is -0.480 e. The largest absolute Gasteiger partial charge is 0.480 e. The van der Waals surface area contributed by atoms with Gasteiger partial charge in [-0.2, -0.15) is 0 Å². The zero-order chi connectivity index (χ0) is 15.0. The summed E-state index contributed by atoms with van der Waals surface area (Å²) in [5, 5.41) is 9.20. The molecular formula is C15H22N2O3. The number of rotatable bonds is 3. The Hall–Kier alpha value is -1.78. The van der Waals surface area contributed by atoms with Gasteiger partial charge in [0.1, 0.15) is 6.04 Å². The van der Waals surface area contributed by atoms with Crippen LogP contribution in [0.3, 0.4) is 0 Å². The highest BCUT2D eigenvalue weighted by atomic mass is 16.4. The van der Waals surface area contributed by atoms with Crippen molar-refractivity contribution < 1.29 is 14.7 Å². The summed E-state index contributed by atoms with van der Waals surface area (Å²) in [5.41, 5.74) is 2.58. The van der Waals surface area contributed by atoms with Gasteiger partial charge >= 0.3 is 5.97 Å². The van der Waals surface area contributed by atoms with Crippen LogP contribution < -0.4 is 0 Å². The number of nitrogens with zero attached hydrogens (tertiary/aromatic N) is 2. The third kappa shape index (κ3) is 2.32. The van der Waals surface area contributed by atoms with Gasteiger partial charge in [0.25, 0.3) is 5.91 Å². The normalized spacial score (nSPS) is 18.9. The molecule has 5 heteroatoms. The molecule has 1 amide bonds. The highest BCUT2D eigenvalue weighted by molar-refractivity contribution is 5.98. The van der Waals surface area contributed by atoms with E-state index < -0.39 is 12.0 Å². The number of carbonyl (C=O) groups is 2. The van der Waals surface area contributed by atoms with E-state index in [4.69, 9.17) is 0 Å². The van der Waals surface area contributed by atoms with E-state index in [-0.39, 0.29) is 11.9 Å². The molecule has 2 heterocycles. The zero-order valence-corrected chi connectivity index (χ0v) is 12.5. The quantitative estimate of drug-likeness (QED) is 0.923. The minimum atomic E-state index is -0.909. The van der Waals surface area contributed by atoms with Crippen molar-refractivity contribution in [3.05, 3.63) is 23.0 Å². The van der Waals surface area contributed by atoms with E-state index in [0.717, 1.165) is 17.8 Å². The van der Waals surface area contributed by atoms with Gasteiger partial charge in [0, 0.05) is 24.0 Å². The van der Waals surface area contributed by atoms with Crippen molar-refractivity contribution in [1.82, 2.24) is 9.47 Å². The van der Waals surface area contributed by atoms with Crippen molar-refractivity contribution in [1.29, 1.82) is 0 Å². The highest BCUT2D eigenvalue weighted by Gasteiger charge is 2.35. The van der Waals surface area contributed by atoms with Gasteiger partial charge in [0.2, 0.25) is 0 Å². The molecule has 110 valence electrons. The van der Waals surface area contributed by atoms with Crippen molar-refractivity contribution in [3.63, 3.8) is 0 Å². The standard InChI is InChI=1S/C15H22N2O3/c1-9(2)17-10(3)8-12(11(17)4)14(18)16-7-5-6-13(16)15(19)20/h8-9,13H,5-7H2,1-4H3,(H,19,20). The predicted molar refractivity (Wildman–Crippen MR) is 76.0 cm³/mol. The fraction of sp³-hybridized carbons (Fsp3) is 0.600. The second-order valence-electron chi connectivity index (χ2n) is 5.74. The van der Waals surface area contributed by atoms with Gasteiger partial charge in [-0.1, -0.05) is 0 Å². The first kappa shape index (κ1) is 14.6. The van der Waals surface area contributed by atoms with Gasteiger partial charge in [0.05, 0.1) is 5.56 Å². The summed E-state index contributed by atoms with van der Waals surface area (Å²) in [4.78, 5) is 25.3. The molecule has 20 heavy (non-hydrogen) atoms. The Labute approximate surface area is 119 Å². The molecule has 1 aromatic rings. The lowest BCUT2D eigenvalue weighted by Crippen LogP contribution is -2.40. The Morgan fingerprint density at radius 2 is 2.00 bits per heavy atom. The fourth-order valence-corrected chi connectivity index (χ4v) is 3.21. The number of hydrogen-bond donors (Lipinski definition) is 1. The fourth-order valence-electron chi connectivity index (χ4n) is 3.21. The molecule has 2 rings (SSSR count). The summed E-state index contributed by atoms with van der Waals surface area (Å²) in [6, 6.07) is 1.48. The van der Waals surface area contributed by atoms with Crippen LogP contribution in [0.5, 0.6) is 0 Å². The van der Waals surface area contributed by atoms with Gasteiger partial charge in [-0.05, 0) is 46.6 Å². The van der Waals surface area contributed by atoms with Crippen LogP contribution in [0.4, 0.5) is 0 Å². The first-order valence-electron chi connectivity index (χ1n) is 7.06. The maximum absolute atomic E-state index is 12.6. The van der Waals surface area contributed by atoms with Gasteiger partial charge in [-0.15, -0.1) is 0 Å². The van der Waals surface area contributed by atoms with Gasteiger partial charge in [-0.25, -0.2) is 4.79 Å². The molecular weight excluding hydrogens is 256 g/mol. The number of likely N-dealkylation sites (tertiary alicyclic amines) is 1. The number of hydrogen-bond acceptors (Lipinski definition) is 2. The average Bonchev–Trinajstić information content (AvgIpc) is 2.93. The van der Waals surface area contributed by atoms with Crippen molar-refractivity contribution >= 4 is 11.9 Å². The van der Waals surface area contributed by atoms with E-state index in [2.05, 4.69) is 18.4 Å². The lowest BCUT2D eigenvalue weighted by molar-refractivity contribution is -0.141. The molecule has 1 fully saturated rings. The van der Waals surface area contributed by atoms with E-state index in [0.29, 0.717) is 18.5 Å². The van der Waals surface area contributed by atoms with Gasteiger partial charge < -0.3 is 14.6 Å². The molecule has 5 nitrogen and oxygen atoms in total. The maximum atomic E-state index is 12.6. The molecule has 0 aromatic carbocycles. The van der Waals surface area contributed by atoms with Gasteiger partial charge in [-0.3, -0.25) is 4.79 Å². The smallest absolute Gasteiger partial charge is 0.326 e. The second-order valence-corrected chi connectivity index (χ2v) is 5.74. The second kappa shape index (κ2) is 5.31. The Morgan fingerprint density at radius 1 is 1.35 bits per heavy atom. The maximum Gasteiger partial charge on any atom is 0.326 e. The summed E-state index contributed by atoms with van der Waals surface area (Å²) in [6.45, 7) is 8.57. The molecule has 1 aliphatic rings. The van der Waals surface area contributed by atoms with Crippen LogP contribution in [0.2, 0.25) is 0 Å². The molecule has 0 saturated carbocycles. The lowest BCUT2D eigenvalue weighted by Gasteiger charge is -2.21. The third-order valence-corrected chi connectivity index (χ3v) is 4.03. The van der Waals surface area contributed by atoms with E-state index in [9.17, 15) is 14.7 Å².